The van der Waals surface area contributed by atoms with Crippen molar-refractivity contribution in [2.75, 3.05) is 0 Å². The Morgan fingerprint density at radius 2 is 1.37 bits per heavy atom. The summed E-state index contributed by atoms with van der Waals surface area (Å²) < 4.78 is 5.55. The van der Waals surface area contributed by atoms with Gasteiger partial charge in [-0.3, -0.25) is 4.79 Å². The van der Waals surface area contributed by atoms with E-state index in [1.807, 2.05) is 48.5 Å². The lowest BCUT2D eigenvalue weighted by Crippen LogP contribution is -2.11. The molecule has 0 unspecified atom stereocenters. The quantitative estimate of drug-likeness (QED) is 0.719. The molecule has 2 aromatic rings. The topological polar surface area (TPSA) is 26.3 Å². The minimum Gasteiger partial charge on any atom is -0.453 e. The zero-order valence-corrected chi connectivity index (χ0v) is 10.7. The van der Waals surface area contributed by atoms with Crippen molar-refractivity contribution in [1.29, 1.82) is 0 Å². The second kappa shape index (κ2) is 4.73. The van der Waals surface area contributed by atoms with Crippen LogP contribution < -0.4 is 0 Å². The fraction of sp³-hybridized carbons (Fsp3) is 0.118. The Kier molecular flexibility index (Phi) is 2.92. The molecule has 0 fully saturated rings. The zero-order valence-electron chi connectivity index (χ0n) is 10.7. The van der Waals surface area contributed by atoms with Gasteiger partial charge < -0.3 is 4.74 Å². The summed E-state index contributed by atoms with van der Waals surface area (Å²) in [6.45, 7) is 1.45. The Labute approximate surface area is 112 Å². The molecule has 2 nitrogen and oxygen atoms in total. The lowest BCUT2D eigenvalue weighted by molar-refractivity contribution is -0.144. The number of hydrogen-bond donors (Lipinski definition) is 0. The number of rotatable bonds is 1. The minimum atomic E-state index is -0.333. The molecular formula is C17H14O2. The van der Waals surface area contributed by atoms with E-state index in [0.717, 1.165) is 22.3 Å². The number of ether oxygens (including phenoxy) is 1. The van der Waals surface area contributed by atoms with E-state index >= 15 is 0 Å². The number of esters is 1. The number of fused-ring (bicyclic) bond motifs is 2. The molecule has 94 valence electrons. The number of hydrogen-bond acceptors (Lipinski definition) is 2. The van der Waals surface area contributed by atoms with Gasteiger partial charge >= 0.3 is 5.97 Å². The minimum absolute atomic E-state index is 0.267. The maximum absolute atomic E-state index is 11.4. The van der Waals surface area contributed by atoms with Gasteiger partial charge in [-0.05, 0) is 11.1 Å². The molecule has 0 N–H and O–H groups in total. The molecule has 2 aromatic carbocycles. The molecule has 2 heteroatoms. The fourth-order valence-electron chi connectivity index (χ4n) is 2.44. The van der Waals surface area contributed by atoms with Crippen LogP contribution in [0, 0.1) is 0 Å². The van der Waals surface area contributed by atoms with Gasteiger partial charge in [-0.25, -0.2) is 0 Å². The maximum atomic E-state index is 11.4. The third-order valence-electron chi connectivity index (χ3n) is 3.28. The Balaban J connectivity index is 2.21. The van der Waals surface area contributed by atoms with E-state index in [0.29, 0.717) is 0 Å². The smallest absolute Gasteiger partial charge is 0.303 e. The van der Waals surface area contributed by atoms with Crippen molar-refractivity contribution in [3.05, 3.63) is 70.8 Å². The summed E-state index contributed by atoms with van der Waals surface area (Å²) in [5.41, 5.74) is 4.23. The molecular weight excluding hydrogens is 236 g/mol. The Morgan fingerprint density at radius 1 is 0.895 bits per heavy atom. The Morgan fingerprint density at radius 3 is 1.84 bits per heavy atom. The number of carbonyl (C=O) groups excluding carboxylic acids is 1. The Hall–Kier alpha value is -2.35. The summed E-state index contributed by atoms with van der Waals surface area (Å²) in [4.78, 5) is 11.4. The molecule has 0 saturated heterocycles. The zero-order chi connectivity index (χ0) is 13.2. The second-order valence-corrected chi connectivity index (χ2v) is 4.58. The van der Waals surface area contributed by atoms with Gasteiger partial charge in [0, 0.05) is 18.1 Å². The summed E-state index contributed by atoms with van der Waals surface area (Å²) in [5, 5.41) is 0. The predicted octanol–water partition coefficient (Wildman–Crippen LogP) is 3.82. The van der Waals surface area contributed by atoms with Crippen LogP contribution in [0.4, 0.5) is 0 Å². The highest BCUT2D eigenvalue weighted by Crippen LogP contribution is 2.35. The van der Waals surface area contributed by atoms with Gasteiger partial charge in [0.2, 0.25) is 0 Å². The maximum Gasteiger partial charge on any atom is 0.303 e. The predicted molar refractivity (Wildman–Crippen MR) is 75.4 cm³/mol. The van der Waals surface area contributed by atoms with Crippen molar-refractivity contribution in [1.82, 2.24) is 0 Å². The fourth-order valence-corrected chi connectivity index (χ4v) is 2.44. The molecule has 19 heavy (non-hydrogen) atoms. The molecule has 0 bridgehead atoms. The largest absolute Gasteiger partial charge is 0.453 e. The summed E-state index contributed by atoms with van der Waals surface area (Å²) in [6.07, 6.45) is 3.80. The Bertz CT molecular complexity index is 606. The van der Waals surface area contributed by atoms with Crippen molar-refractivity contribution in [2.24, 2.45) is 0 Å². The van der Waals surface area contributed by atoms with E-state index in [9.17, 15) is 4.79 Å². The lowest BCUT2D eigenvalue weighted by Gasteiger charge is -2.19. The molecule has 0 amide bonds. The molecule has 1 aliphatic rings. The van der Waals surface area contributed by atoms with Gasteiger partial charge in [0.1, 0.15) is 0 Å². The average Bonchev–Trinajstić information content (AvgIpc) is 2.57. The standard InChI is InChI=1S/C17H14O2/c1-12(18)19-17-15-8-4-2-6-13(15)10-11-14-7-3-5-9-16(14)17/h2-11,17H,1H3. The molecule has 0 radical (unpaired) electrons. The van der Waals surface area contributed by atoms with Gasteiger partial charge in [-0.1, -0.05) is 60.7 Å². The summed E-state index contributed by atoms with van der Waals surface area (Å²) >= 11 is 0. The van der Waals surface area contributed by atoms with Crippen LogP contribution in [-0.2, 0) is 9.53 Å². The number of benzene rings is 2. The van der Waals surface area contributed by atoms with Crippen molar-refractivity contribution < 1.29 is 9.53 Å². The first-order valence-corrected chi connectivity index (χ1v) is 6.29. The van der Waals surface area contributed by atoms with Crippen molar-refractivity contribution in [3.8, 4) is 0 Å². The van der Waals surface area contributed by atoms with E-state index < -0.39 is 0 Å². The normalized spacial score (nSPS) is 13.3. The van der Waals surface area contributed by atoms with Crippen LogP contribution in [0.2, 0.25) is 0 Å². The van der Waals surface area contributed by atoms with E-state index in [-0.39, 0.29) is 12.1 Å². The van der Waals surface area contributed by atoms with E-state index in [1.54, 1.807) is 0 Å². The third-order valence-corrected chi connectivity index (χ3v) is 3.28. The highest BCUT2D eigenvalue weighted by Gasteiger charge is 2.23. The highest BCUT2D eigenvalue weighted by atomic mass is 16.5. The van der Waals surface area contributed by atoms with Gasteiger partial charge in [-0.2, -0.15) is 0 Å². The van der Waals surface area contributed by atoms with Crippen LogP contribution in [0.1, 0.15) is 35.3 Å². The molecule has 0 heterocycles. The highest BCUT2D eigenvalue weighted by molar-refractivity contribution is 5.77. The van der Waals surface area contributed by atoms with Crippen molar-refractivity contribution in [3.63, 3.8) is 0 Å². The van der Waals surface area contributed by atoms with E-state index in [1.165, 1.54) is 6.92 Å². The summed E-state index contributed by atoms with van der Waals surface area (Å²) in [5.74, 6) is -0.267. The first-order chi connectivity index (χ1) is 9.25. The van der Waals surface area contributed by atoms with Crippen molar-refractivity contribution in [2.45, 2.75) is 13.0 Å². The third kappa shape index (κ3) is 2.17. The summed E-state index contributed by atoms with van der Waals surface area (Å²) in [6, 6.07) is 16.0. The molecule has 0 aromatic heterocycles. The van der Waals surface area contributed by atoms with Crippen LogP contribution in [0.5, 0.6) is 0 Å². The first-order valence-electron chi connectivity index (χ1n) is 6.29. The molecule has 0 saturated carbocycles. The molecule has 1 aliphatic carbocycles. The van der Waals surface area contributed by atoms with Crippen LogP contribution in [0.25, 0.3) is 12.2 Å². The molecule has 0 atom stereocenters. The van der Waals surface area contributed by atoms with Crippen molar-refractivity contribution >= 4 is 18.1 Å². The molecule has 3 rings (SSSR count). The molecule has 0 aliphatic heterocycles. The monoisotopic (exact) mass is 250 g/mol. The van der Waals surface area contributed by atoms with Gasteiger partial charge in [0.15, 0.2) is 6.10 Å². The van der Waals surface area contributed by atoms with Crippen LogP contribution in [0.3, 0.4) is 0 Å². The summed E-state index contributed by atoms with van der Waals surface area (Å²) in [7, 11) is 0. The SMILES string of the molecule is CC(=O)OC1c2ccccc2C=Cc2ccccc21. The number of carbonyl (C=O) groups is 1. The van der Waals surface area contributed by atoms with Gasteiger partial charge in [-0.15, -0.1) is 0 Å². The van der Waals surface area contributed by atoms with Gasteiger partial charge in [0.05, 0.1) is 0 Å². The van der Waals surface area contributed by atoms with Crippen LogP contribution in [0.15, 0.2) is 48.5 Å². The molecule has 0 spiro atoms. The van der Waals surface area contributed by atoms with E-state index in [4.69, 9.17) is 4.74 Å². The van der Waals surface area contributed by atoms with Gasteiger partial charge in [0.25, 0.3) is 0 Å². The van der Waals surface area contributed by atoms with Crippen LogP contribution in [-0.4, -0.2) is 5.97 Å². The first kappa shape index (κ1) is 11.7. The van der Waals surface area contributed by atoms with Crippen LogP contribution >= 0.6 is 0 Å². The second-order valence-electron chi connectivity index (χ2n) is 4.58. The average molecular weight is 250 g/mol. The lowest BCUT2D eigenvalue weighted by atomic mass is 9.96. The van der Waals surface area contributed by atoms with E-state index in [2.05, 4.69) is 12.2 Å².